The maximum Gasteiger partial charge on any atom is 0.258 e. The average molecular weight is 305 g/mol. The molecular formula is C17H15N5O. The van der Waals surface area contributed by atoms with Crippen LogP contribution in [0.25, 0.3) is 0 Å². The molecule has 0 unspecified atom stereocenters. The van der Waals surface area contributed by atoms with E-state index < -0.39 is 0 Å². The fourth-order valence-electron chi connectivity index (χ4n) is 2.00. The van der Waals surface area contributed by atoms with Crippen LogP contribution in [0.3, 0.4) is 0 Å². The maximum absolute atomic E-state index is 12.0. The number of rotatable bonds is 4. The third-order valence-corrected chi connectivity index (χ3v) is 3.24. The van der Waals surface area contributed by atoms with Crippen molar-refractivity contribution in [1.29, 1.82) is 0 Å². The van der Waals surface area contributed by atoms with E-state index in [9.17, 15) is 4.79 Å². The number of hydrogen-bond acceptors (Lipinski definition) is 5. The van der Waals surface area contributed by atoms with E-state index in [1.807, 2.05) is 31.2 Å². The Kier molecular flexibility index (Phi) is 4.24. The summed E-state index contributed by atoms with van der Waals surface area (Å²) in [5.41, 5.74) is 2.55. The number of carbonyl (C=O) groups is 1. The summed E-state index contributed by atoms with van der Waals surface area (Å²) >= 11 is 0. The predicted octanol–water partition coefficient (Wildman–Crippen LogP) is 3.18. The molecule has 2 aromatic heterocycles. The smallest absolute Gasteiger partial charge is 0.258 e. The molecule has 3 aromatic rings. The molecule has 0 spiro atoms. The van der Waals surface area contributed by atoms with Crippen LogP contribution in [0.4, 0.5) is 17.3 Å². The molecular weight excluding hydrogens is 290 g/mol. The first-order valence-electron chi connectivity index (χ1n) is 7.10. The Bertz CT molecular complexity index is 803. The molecule has 0 atom stereocenters. The third kappa shape index (κ3) is 3.68. The number of nitrogens with zero attached hydrogens (tertiary/aromatic N) is 3. The lowest BCUT2D eigenvalue weighted by molar-refractivity contribution is 0.102. The van der Waals surface area contributed by atoms with Gasteiger partial charge in [-0.3, -0.25) is 9.78 Å². The van der Waals surface area contributed by atoms with Crippen LogP contribution in [-0.4, -0.2) is 21.1 Å². The molecule has 0 saturated carbocycles. The van der Waals surface area contributed by atoms with Crippen LogP contribution in [0.5, 0.6) is 0 Å². The summed E-state index contributed by atoms with van der Waals surface area (Å²) in [7, 11) is 0. The lowest BCUT2D eigenvalue weighted by Crippen LogP contribution is -2.13. The molecule has 2 N–H and O–H groups in total. The Morgan fingerprint density at radius 3 is 2.43 bits per heavy atom. The van der Waals surface area contributed by atoms with E-state index in [0.29, 0.717) is 17.2 Å². The molecule has 0 aliphatic carbocycles. The van der Waals surface area contributed by atoms with Crippen molar-refractivity contribution < 1.29 is 4.79 Å². The Morgan fingerprint density at radius 2 is 1.74 bits per heavy atom. The standard InChI is InChI=1S/C17H15N5O/c1-12-5-2-3-7-14(12)19-15-8-9-16(22-21-15)20-17(23)13-6-4-10-18-11-13/h2-11H,1H3,(H,19,21)(H,20,22,23). The highest BCUT2D eigenvalue weighted by Crippen LogP contribution is 2.18. The van der Waals surface area contributed by atoms with Crippen LogP contribution in [0.15, 0.2) is 60.9 Å². The molecule has 0 bridgehead atoms. The van der Waals surface area contributed by atoms with Gasteiger partial charge < -0.3 is 10.6 Å². The number of aryl methyl sites for hydroxylation is 1. The lowest BCUT2D eigenvalue weighted by atomic mass is 10.2. The van der Waals surface area contributed by atoms with Gasteiger partial charge in [-0.1, -0.05) is 18.2 Å². The molecule has 0 saturated heterocycles. The van der Waals surface area contributed by atoms with Crippen LogP contribution in [-0.2, 0) is 0 Å². The van der Waals surface area contributed by atoms with Crippen molar-refractivity contribution in [2.24, 2.45) is 0 Å². The van der Waals surface area contributed by atoms with E-state index >= 15 is 0 Å². The van der Waals surface area contributed by atoms with Crippen molar-refractivity contribution in [3.05, 3.63) is 72.1 Å². The second kappa shape index (κ2) is 6.65. The number of pyridine rings is 1. The molecule has 0 radical (unpaired) electrons. The Hall–Kier alpha value is -3.28. The highest BCUT2D eigenvalue weighted by atomic mass is 16.1. The van der Waals surface area contributed by atoms with Crippen molar-refractivity contribution in [2.45, 2.75) is 6.92 Å². The van der Waals surface area contributed by atoms with Gasteiger partial charge in [-0.15, -0.1) is 10.2 Å². The van der Waals surface area contributed by atoms with E-state index in [2.05, 4.69) is 25.8 Å². The topological polar surface area (TPSA) is 79.8 Å². The summed E-state index contributed by atoms with van der Waals surface area (Å²) in [5, 5.41) is 13.9. The largest absolute Gasteiger partial charge is 0.339 e. The summed E-state index contributed by atoms with van der Waals surface area (Å²) in [6.07, 6.45) is 3.11. The molecule has 0 aliphatic rings. The number of hydrogen-bond donors (Lipinski definition) is 2. The Labute approximate surface area is 133 Å². The van der Waals surface area contributed by atoms with Crippen LogP contribution < -0.4 is 10.6 Å². The van der Waals surface area contributed by atoms with E-state index in [-0.39, 0.29) is 5.91 Å². The zero-order valence-corrected chi connectivity index (χ0v) is 12.5. The van der Waals surface area contributed by atoms with Crippen LogP contribution >= 0.6 is 0 Å². The van der Waals surface area contributed by atoms with Gasteiger partial charge in [-0.2, -0.15) is 0 Å². The zero-order valence-electron chi connectivity index (χ0n) is 12.5. The van der Waals surface area contributed by atoms with Gasteiger partial charge in [-0.25, -0.2) is 0 Å². The van der Waals surface area contributed by atoms with E-state index in [1.165, 1.54) is 6.20 Å². The number of anilines is 3. The number of amides is 1. The van der Waals surface area contributed by atoms with Crippen molar-refractivity contribution >= 4 is 23.2 Å². The first-order valence-corrected chi connectivity index (χ1v) is 7.10. The highest BCUT2D eigenvalue weighted by Gasteiger charge is 2.07. The number of carbonyl (C=O) groups excluding carboxylic acids is 1. The van der Waals surface area contributed by atoms with Crippen molar-refractivity contribution in [2.75, 3.05) is 10.6 Å². The molecule has 6 heteroatoms. The first-order chi connectivity index (χ1) is 11.2. The quantitative estimate of drug-likeness (QED) is 0.774. The monoisotopic (exact) mass is 305 g/mol. The minimum Gasteiger partial charge on any atom is -0.339 e. The molecule has 114 valence electrons. The minimum atomic E-state index is -0.271. The summed E-state index contributed by atoms with van der Waals surface area (Å²) in [5.74, 6) is 0.722. The van der Waals surface area contributed by atoms with E-state index in [1.54, 1.807) is 30.5 Å². The number of benzene rings is 1. The number of nitrogens with one attached hydrogen (secondary N) is 2. The average Bonchev–Trinajstić information content (AvgIpc) is 2.59. The van der Waals surface area contributed by atoms with Crippen molar-refractivity contribution in [3.63, 3.8) is 0 Å². The predicted molar refractivity (Wildman–Crippen MR) is 88.7 cm³/mol. The van der Waals surface area contributed by atoms with Gasteiger partial charge in [0.15, 0.2) is 11.6 Å². The molecule has 6 nitrogen and oxygen atoms in total. The first kappa shape index (κ1) is 14.6. The van der Waals surface area contributed by atoms with Crippen LogP contribution in [0.2, 0.25) is 0 Å². The second-order valence-corrected chi connectivity index (χ2v) is 4.94. The molecule has 0 fully saturated rings. The highest BCUT2D eigenvalue weighted by molar-refractivity contribution is 6.03. The van der Waals surface area contributed by atoms with E-state index in [4.69, 9.17) is 0 Å². The minimum absolute atomic E-state index is 0.271. The summed E-state index contributed by atoms with van der Waals surface area (Å²) in [6, 6.07) is 14.8. The van der Waals surface area contributed by atoms with Gasteiger partial charge in [0.25, 0.3) is 5.91 Å². The van der Waals surface area contributed by atoms with Gasteiger partial charge in [0, 0.05) is 18.1 Å². The lowest BCUT2D eigenvalue weighted by Gasteiger charge is -2.08. The van der Waals surface area contributed by atoms with Crippen LogP contribution in [0, 0.1) is 6.92 Å². The maximum atomic E-state index is 12.0. The van der Waals surface area contributed by atoms with E-state index in [0.717, 1.165) is 11.3 Å². The molecule has 1 aromatic carbocycles. The Morgan fingerprint density at radius 1 is 0.957 bits per heavy atom. The van der Waals surface area contributed by atoms with Crippen molar-refractivity contribution in [3.8, 4) is 0 Å². The fourth-order valence-corrected chi connectivity index (χ4v) is 2.00. The zero-order chi connectivity index (χ0) is 16.1. The van der Waals surface area contributed by atoms with Crippen molar-refractivity contribution in [1.82, 2.24) is 15.2 Å². The second-order valence-electron chi connectivity index (χ2n) is 4.94. The summed E-state index contributed by atoms with van der Waals surface area (Å²) < 4.78 is 0. The molecule has 1 amide bonds. The summed E-state index contributed by atoms with van der Waals surface area (Å²) in [6.45, 7) is 2.01. The van der Waals surface area contributed by atoms with Gasteiger partial charge >= 0.3 is 0 Å². The summed E-state index contributed by atoms with van der Waals surface area (Å²) in [4.78, 5) is 15.9. The molecule has 0 aliphatic heterocycles. The Balaban J connectivity index is 1.68. The third-order valence-electron chi connectivity index (χ3n) is 3.24. The fraction of sp³-hybridized carbons (Fsp3) is 0.0588. The van der Waals surface area contributed by atoms with Gasteiger partial charge in [0.05, 0.1) is 5.56 Å². The number of aromatic nitrogens is 3. The molecule has 2 heterocycles. The van der Waals surface area contributed by atoms with Crippen LogP contribution in [0.1, 0.15) is 15.9 Å². The SMILES string of the molecule is Cc1ccccc1Nc1ccc(NC(=O)c2cccnc2)nn1. The van der Waals surface area contributed by atoms with Gasteiger partial charge in [0.1, 0.15) is 0 Å². The van der Waals surface area contributed by atoms with Gasteiger partial charge in [0.2, 0.25) is 0 Å². The normalized spacial score (nSPS) is 10.1. The van der Waals surface area contributed by atoms with Gasteiger partial charge in [-0.05, 0) is 42.8 Å². The molecule has 23 heavy (non-hydrogen) atoms. The number of para-hydroxylation sites is 1. The molecule has 3 rings (SSSR count).